The molecule has 2 heteroatoms. The molecular formula is C23H14N2. The van der Waals surface area contributed by atoms with E-state index in [1.807, 2.05) is 0 Å². The summed E-state index contributed by atoms with van der Waals surface area (Å²) in [7, 11) is 0. The monoisotopic (exact) mass is 318 g/mol. The van der Waals surface area contributed by atoms with Crippen LogP contribution in [-0.4, -0.2) is 9.38 Å². The molecule has 0 radical (unpaired) electrons. The van der Waals surface area contributed by atoms with Crippen LogP contribution in [0.15, 0.2) is 84.9 Å². The lowest BCUT2D eigenvalue weighted by Gasteiger charge is -2.11. The molecule has 0 saturated carbocycles. The van der Waals surface area contributed by atoms with Gasteiger partial charge < -0.3 is 0 Å². The topological polar surface area (TPSA) is 17.3 Å². The van der Waals surface area contributed by atoms with E-state index in [1.54, 1.807) is 0 Å². The highest BCUT2D eigenvalue weighted by Gasteiger charge is 2.14. The Morgan fingerprint density at radius 3 is 2.20 bits per heavy atom. The second-order valence-electron chi connectivity index (χ2n) is 6.49. The summed E-state index contributed by atoms with van der Waals surface area (Å²) in [5.41, 5.74) is 4.46. The number of hydrogen-bond acceptors (Lipinski definition) is 1. The zero-order valence-corrected chi connectivity index (χ0v) is 13.5. The average molecular weight is 318 g/mol. The van der Waals surface area contributed by atoms with Crippen molar-refractivity contribution in [3.63, 3.8) is 0 Å². The summed E-state index contributed by atoms with van der Waals surface area (Å²) >= 11 is 0. The molecule has 0 aliphatic carbocycles. The molecule has 0 bridgehead atoms. The maximum Gasteiger partial charge on any atom is 0.146 e. The number of imidazole rings is 1. The van der Waals surface area contributed by atoms with Crippen LogP contribution in [-0.2, 0) is 0 Å². The first-order valence-electron chi connectivity index (χ1n) is 8.51. The molecule has 0 aliphatic rings. The standard InChI is InChI=1S/C23H14N2/c1-2-8-16-15(7-1)13-14-18-17-9-3-4-10-19(17)23-24-20-11-5-6-12-21(20)25(23)22(16)18/h1-14H. The van der Waals surface area contributed by atoms with Gasteiger partial charge in [-0.15, -0.1) is 0 Å². The van der Waals surface area contributed by atoms with Gasteiger partial charge in [-0.05, 0) is 22.9 Å². The molecule has 6 aromatic rings. The van der Waals surface area contributed by atoms with Gasteiger partial charge in [-0.3, -0.25) is 4.40 Å². The molecule has 0 aliphatic heterocycles. The minimum atomic E-state index is 1.03. The lowest BCUT2D eigenvalue weighted by Crippen LogP contribution is -1.92. The number of nitrogens with zero attached hydrogens (tertiary/aromatic N) is 2. The Labute approximate surface area is 143 Å². The molecule has 6 rings (SSSR count). The lowest BCUT2D eigenvalue weighted by molar-refractivity contribution is 1.32. The van der Waals surface area contributed by atoms with Crippen LogP contribution in [0.4, 0.5) is 0 Å². The normalized spacial score (nSPS) is 12.0. The van der Waals surface area contributed by atoms with Gasteiger partial charge in [0.15, 0.2) is 0 Å². The summed E-state index contributed by atoms with van der Waals surface area (Å²) in [6.45, 7) is 0. The van der Waals surface area contributed by atoms with Crippen molar-refractivity contribution >= 4 is 49.1 Å². The van der Waals surface area contributed by atoms with Gasteiger partial charge in [0.1, 0.15) is 5.65 Å². The Hall–Kier alpha value is -3.39. The Balaban J connectivity index is 2.09. The zero-order valence-electron chi connectivity index (χ0n) is 13.5. The summed E-state index contributed by atoms with van der Waals surface area (Å²) < 4.78 is 2.33. The second kappa shape index (κ2) is 4.58. The van der Waals surface area contributed by atoms with Crippen molar-refractivity contribution in [1.82, 2.24) is 9.38 Å². The van der Waals surface area contributed by atoms with Crippen molar-refractivity contribution in [2.75, 3.05) is 0 Å². The summed E-state index contributed by atoms with van der Waals surface area (Å²) in [5.74, 6) is 0. The highest BCUT2D eigenvalue weighted by molar-refractivity contribution is 6.20. The molecule has 0 spiro atoms. The second-order valence-corrected chi connectivity index (χ2v) is 6.49. The van der Waals surface area contributed by atoms with Gasteiger partial charge in [-0.25, -0.2) is 4.98 Å². The van der Waals surface area contributed by atoms with Crippen LogP contribution in [0.2, 0.25) is 0 Å². The largest absolute Gasteiger partial charge is 0.291 e. The highest BCUT2D eigenvalue weighted by atomic mass is 15.0. The molecule has 0 saturated heterocycles. The van der Waals surface area contributed by atoms with Crippen LogP contribution >= 0.6 is 0 Å². The Morgan fingerprint density at radius 2 is 1.28 bits per heavy atom. The Morgan fingerprint density at radius 1 is 0.560 bits per heavy atom. The SMILES string of the molecule is c1ccc2c(c1)ccc1c3ccccc3c3nc4ccccc4n3c21. The van der Waals surface area contributed by atoms with Crippen molar-refractivity contribution in [3.8, 4) is 0 Å². The molecule has 2 nitrogen and oxygen atoms in total. The van der Waals surface area contributed by atoms with Crippen LogP contribution in [0.3, 0.4) is 0 Å². The van der Waals surface area contributed by atoms with Crippen LogP contribution in [0.25, 0.3) is 49.1 Å². The van der Waals surface area contributed by atoms with E-state index in [1.165, 1.54) is 32.4 Å². The maximum absolute atomic E-state index is 4.96. The van der Waals surface area contributed by atoms with Crippen molar-refractivity contribution in [2.45, 2.75) is 0 Å². The van der Waals surface area contributed by atoms with Crippen LogP contribution in [0.5, 0.6) is 0 Å². The fraction of sp³-hybridized carbons (Fsp3) is 0. The third kappa shape index (κ3) is 1.61. The molecule has 0 amide bonds. The Bertz CT molecular complexity index is 1440. The summed E-state index contributed by atoms with van der Waals surface area (Å²) in [4.78, 5) is 4.96. The molecule has 0 unspecified atom stereocenters. The van der Waals surface area contributed by atoms with Gasteiger partial charge in [0.05, 0.1) is 16.6 Å². The molecule has 4 aromatic carbocycles. The quantitative estimate of drug-likeness (QED) is 0.316. The van der Waals surface area contributed by atoms with Crippen LogP contribution in [0, 0.1) is 0 Å². The third-order valence-corrected chi connectivity index (χ3v) is 5.14. The van der Waals surface area contributed by atoms with Gasteiger partial charge in [0.25, 0.3) is 0 Å². The maximum atomic E-state index is 4.96. The predicted molar refractivity (Wildman–Crippen MR) is 105 cm³/mol. The van der Waals surface area contributed by atoms with E-state index in [9.17, 15) is 0 Å². The average Bonchev–Trinajstić information content (AvgIpc) is 3.07. The summed E-state index contributed by atoms with van der Waals surface area (Å²) in [6.07, 6.45) is 0. The fourth-order valence-corrected chi connectivity index (χ4v) is 4.06. The third-order valence-electron chi connectivity index (χ3n) is 5.14. The molecule has 0 N–H and O–H groups in total. The van der Waals surface area contributed by atoms with E-state index < -0.39 is 0 Å². The number of benzene rings is 4. The molecule has 2 heterocycles. The van der Waals surface area contributed by atoms with Crippen LogP contribution < -0.4 is 0 Å². The van der Waals surface area contributed by atoms with Crippen molar-refractivity contribution < 1.29 is 0 Å². The number of aromatic nitrogens is 2. The van der Waals surface area contributed by atoms with E-state index in [0.717, 1.165) is 16.7 Å². The van der Waals surface area contributed by atoms with Gasteiger partial charge >= 0.3 is 0 Å². The first-order chi connectivity index (χ1) is 12.4. The van der Waals surface area contributed by atoms with Crippen molar-refractivity contribution in [2.24, 2.45) is 0 Å². The fourth-order valence-electron chi connectivity index (χ4n) is 4.06. The molecule has 2 aromatic heterocycles. The molecule has 116 valence electrons. The van der Waals surface area contributed by atoms with Crippen LogP contribution in [0.1, 0.15) is 0 Å². The predicted octanol–water partition coefficient (Wildman–Crippen LogP) is 5.95. The summed E-state index contributed by atoms with van der Waals surface area (Å²) in [6, 6.07) is 30.0. The van der Waals surface area contributed by atoms with E-state index in [4.69, 9.17) is 4.98 Å². The van der Waals surface area contributed by atoms with E-state index in [-0.39, 0.29) is 0 Å². The van der Waals surface area contributed by atoms with Crippen molar-refractivity contribution in [3.05, 3.63) is 84.9 Å². The highest BCUT2D eigenvalue weighted by Crippen LogP contribution is 2.35. The molecule has 25 heavy (non-hydrogen) atoms. The minimum absolute atomic E-state index is 1.03. The minimum Gasteiger partial charge on any atom is -0.291 e. The van der Waals surface area contributed by atoms with Gasteiger partial charge in [0.2, 0.25) is 0 Å². The lowest BCUT2D eigenvalue weighted by atomic mass is 10.0. The van der Waals surface area contributed by atoms with Gasteiger partial charge in [0, 0.05) is 16.2 Å². The molecule has 0 fully saturated rings. The van der Waals surface area contributed by atoms with E-state index in [2.05, 4.69) is 89.3 Å². The van der Waals surface area contributed by atoms with E-state index >= 15 is 0 Å². The number of pyridine rings is 1. The van der Waals surface area contributed by atoms with Gasteiger partial charge in [-0.2, -0.15) is 0 Å². The van der Waals surface area contributed by atoms with Crippen molar-refractivity contribution in [1.29, 1.82) is 0 Å². The number of fused-ring (bicyclic) bond motifs is 10. The Kier molecular flexibility index (Phi) is 2.37. The first kappa shape index (κ1) is 13.0. The van der Waals surface area contributed by atoms with Gasteiger partial charge in [-0.1, -0.05) is 72.8 Å². The smallest absolute Gasteiger partial charge is 0.146 e. The number of hydrogen-bond donors (Lipinski definition) is 0. The summed E-state index contributed by atoms with van der Waals surface area (Å²) in [5, 5.41) is 6.24. The number of rotatable bonds is 0. The molecule has 0 atom stereocenters. The number of para-hydroxylation sites is 2. The first-order valence-corrected chi connectivity index (χ1v) is 8.51. The van der Waals surface area contributed by atoms with E-state index in [0.29, 0.717) is 0 Å². The molecular weight excluding hydrogens is 304 g/mol. The zero-order chi connectivity index (χ0) is 16.4.